The number of rotatable bonds is 5. The lowest BCUT2D eigenvalue weighted by molar-refractivity contribution is 0.612. The summed E-state index contributed by atoms with van der Waals surface area (Å²) in [5, 5.41) is 14.7. The van der Waals surface area contributed by atoms with Crippen LogP contribution in [0.4, 0.5) is 21.8 Å². The van der Waals surface area contributed by atoms with Crippen molar-refractivity contribution >= 4 is 40.7 Å². The molecule has 1 aromatic heterocycles. The lowest BCUT2D eigenvalue weighted by atomic mass is 10.2. The first kappa shape index (κ1) is 16.4. The molecule has 5 nitrogen and oxygen atoms in total. The Morgan fingerprint density at radius 1 is 1.08 bits per heavy atom. The average molecular weight is 364 g/mol. The highest BCUT2D eigenvalue weighted by Crippen LogP contribution is 2.27. The van der Waals surface area contributed by atoms with E-state index in [-0.39, 0.29) is 18.3 Å². The van der Waals surface area contributed by atoms with Gasteiger partial charge in [0.05, 0.1) is 16.9 Å². The van der Waals surface area contributed by atoms with Gasteiger partial charge in [0, 0.05) is 17.1 Å². The minimum absolute atomic E-state index is 0.246. The van der Waals surface area contributed by atoms with Gasteiger partial charge in [-0.1, -0.05) is 41.4 Å². The largest absolute Gasteiger partial charge is 0.349 e. The third kappa shape index (κ3) is 4.10. The van der Waals surface area contributed by atoms with Crippen LogP contribution < -0.4 is 10.6 Å². The SMILES string of the molecule is Fc1ccccc1CNc1nncc(Nc2cc(Cl)ccc2Cl)n1. The molecule has 3 aromatic rings. The minimum Gasteiger partial charge on any atom is -0.349 e. The zero-order valence-electron chi connectivity index (χ0n) is 12.3. The van der Waals surface area contributed by atoms with Gasteiger partial charge < -0.3 is 10.6 Å². The van der Waals surface area contributed by atoms with E-state index < -0.39 is 0 Å². The molecule has 0 bridgehead atoms. The Bertz CT molecular complexity index is 859. The summed E-state index contributed by atoms with van der Waals surface area (Å²) in [6, 6.07) is 11.5. The second-order valence-electron chi connectivity index (χ2n) is 4.86. The lowest BCUT2D eigenvalue weighted by Crippen LogP contribution is -2.07. The van der Waals surface area contributed by atoms with Crippen molar-refractivity contribution in [2.75, 3.05) is 10.6 Å². The van der Waals surface area contributed by atoms with E-state index in [2.05, 4.69) is 25.8 Å². The van der Waals surface area contributed by atoms with Crippen molar-refractivity contribution < 1.29 is 4.39 Å². The molecule has 8 heteroatoms. The smallest absolute Gasteiger partial charge is 0.244 e. The van der Waals surface area contributed by atoms with Crippen LogP contribution in [0.15, 0.2) is 48.7 Å². The second kappa shape index (κ2) is 7.42. The number of nitrogens with zero attached hydrogens (tertiary/aromatic N) is 3. The van der Waals surface area contributed by atoms with Crippen LogP contribution in [0.5, 0.6) is 0 Å². The highest BCUT2D eigenvalue weighted by molar-refractivity contribution is 6.35. The molecule has 0 saturated heterocycles. The molecule has 0 fully saturated rings. The van der Waals surface area contributed by atoms with Crippen molar-refractivity contribution in [3.63, 3.8) is 0 Å². The highest BCUT2D eigenvalue weighted by Gasteiger charge is 2.06. The molecule has 2 aromatic carbocycles. The van der Waals surface area contributed by atoms with Crippen molar-refractivity contribution in [1.29, 1.82) is 0 Å². The zero-order chi connectivity index (χ0) is 16.9. The molecule has 0 aliphatic carbocycles. The van der Waals surface area contributed by atoms with E-state index in [0.717, 1.165) is 0 Å². The van der Waals surface area contributed by atoms with E-state index in [1.165, 1.54) is 12.3 Å². The van der Waals surface area contributed by atoms with Crippen molar-refractivity contribution in [3.05, 3.63) is 70.1 Å². The number of hydrogen-bond acceptors (Lipinski definition) is 5. The van der Waals surface area contributed by atoms with E-state index in [1.807, 2.05) is 0 Å². The molecular weight excluding hydrogens is 352 g/mol. The lowest BCUT2D eigenvalue weighted by Gasteiger charge is -2.09. The van der Waals surface area contributed by atoms with Gasteiger partial charge in [0.2, 0.25) is 5.95 Å². The van der Waals surface area contributed by atoms with Gasteiger partial charge in [-0.2, -0.15) is 10.1 Å². The maximum absolute atomic E-state index is 13.6. The monoisotopic (exact) mass is 363 g/mol. The number of halogens is 3. The number of nitrogens with one attached hydrogen (secondary N) is 2. The summed E-state index contributed by atoms with van der Waals surface area (Å²) in [6.45, 7) is 0.246. The average Bonchev–Trinajstić information content (AvgIpc) is 2.58. The van der Waals surface area contributed by atoms with E-state index in [9.17, 15) is 4.39 Å². The van der Waals surface area contributed by atoms with Gasteiger partial charge in [-0.3, -0.25) is 0 Å². The first-order valence-corrected chi connectivity index (χ1v) is 7.76. The van der Waals surface area contributed by atoms with Crippen LogP contribution in [-0.4, -0.2) is 15.2 Å². The minimum atomic E-state index is -0.294. The van der Waals surface area contributed by atoms with Gasteiger partial charge in [-0.05, 0) is 24.3 Å². The van der Waals surface area contributed by atoms with Gasteiger partial charge in [0.1, 0.15) is 5.82 Å². The Labute approximate surface area is 147 Å². The molecule has 0 amide bonds. The Hall–Kier alpha value is -2.44. The molecule has 24 heavy (non-hydrogen) atoms. The topological polar surface area (TPSA) is 62.7 Å². The first-order chi connectivity index (χ1) is 11.6. The van der Waals surface area contributed by atoms with Crippen molar-refractivity contribution in [2.45, 2.75) is 6.54 Å². The first-order valence-electron chi connectivity index (χ1n) is 7.01. The molecule has 0 saturated carbocycles. The van der Waals surface area contributed by atoms with Gasteiger partial charge in [-0.15, -0.1) is 5.10 Å². The number of anilines is 3. The summed E-state index contributed by atoms with van der Waals surface area (Å²) < 4.78 is 13.6. The molecule has 0 aliphatic rings. The molecule has 0 unspecified atom stereocenters. The van der Waals surface area contributed by atoms with Crippen LogP contribution >= 0.6 is 23.2 Å². The fraction of sp³-hybridized carbons (Fsp3) is 0.0625. The molecule has 0 radical (unpaired) electrons. The standard InChI is InChI=1S/C16H12Cl2FN5/c17-11-5-6-12(18)14(7-11)22-15-9-21-24-16(23-15)20-8-10-3-1-2-4-13(10)19/h1-7,9H,8H2,(H2,20,22,23,24). The second-order valence-corrected chi connectivity index (χ2v) is 5.70. The van der Waals surface area contributed by atoms with Gasteiger partial charge in [0.15, 0.2) is 5.82 Å². The molecule has 0 atom stereocenters. The fourth-order valence-corrected chi connectivity index (χ4v) is 2.32. The van der Waals surface area contributed by atoms with E-state index in [4.69, 9.17) is 23.2 Å². The Morgan fingerprint density at radius 3 is 2.75 bits per heavy atom. The molecule has 1 heterocycles. The van der Waals surface area contributed by atoms with Gasteiger partial charge >= 0.3 is 0 Å². The van der Waals surface area contributed by atoms with Crippen LogP contribution in [0.1, 0.15) is 5.56 Å². The zero-order valence-corrected chi connectivity index (χ0v) is 13.8. The summed E-state index contributed by atoms with van der Waals surface area (Å²) in [5.41, 5.74) is 1.11. The third-order valence-corrected chi connectivity index (χ3v) is 3.71. The van der Waals surface area contributed by atoms with Crippen LogP contribution in [0.2, 0.25) is 10.0 Å². The summed E-state index contributed by atoms with van der Waals surface area (Å²) in [5.74, 6) is 0.407. The summed E-state index contributed by atoms with van der Waals surface area (Å²) in [6.07, 6.45) is 1.45. The van der Waals surface area contributed by atoms with Crippen molar-refractivity contribution in [3.8, 4) is 0 Å². The fourth-order valence-electron chi connectivity index (χ4n) is 1.99. The number of hydrogen-bond donors (Lipinski definition) is 2. The summed E-state index contributed by atoms with van der Waals surface area (Å²) >= 11 is 12.1. The Kier molecular flexibility index (Phi) is 5.08. The summed E-state index contributed by atoms with van der Waals surface area (Å²) in [7, 11) is 0. The maximum atomic E-state index is 13.6. The van der Waals surface area contributed by atoms with Crippen LogP contribution in [0.3, 0.4) is 0 Å². The Balaban J connectivity index is 1.72. The Morgan fingerprint density at radius 2 is 1.92 bits per heavy atom. The number of benzene rings is 2. The predicted octanol–water partition coefficient (Wildman–Crippen LogP) is 4.67. The predicted molar refractivity (Wildman–Crippen MR) is 93.3 cm³/mol. The molecule has 3 rings (SSSR count). The molecular formula is C16H12Cl2FN5. The highest BCUT2D eigenvalue weighted by atomic mass is 35.5. The van der Waals surface area contributed by atoms with E-state index in [0.29, 0.717) is 27.1 Å². The van der Waals surface area contributed by atoms with Crippen LogP contribution in [0, 0.1) is 5.82 Å². The quantitative estimate of drug-likeness (QED) is 0.689. The molecule has 0 spiro atoms. The van der Waals surface area contributed by atoms with Crippen LogP contribution in [0.25, 0.3) is 0 Å². The van der Waals surface area contributed by atoms with Crippen LogP contribution in [-0.2, 0) is 6.54 Å². The normalized spacial score (nSPS) is 10.5. The number of aromatic nitrogens is 3. The maximum Gasteiger partial charge on any atom is 0.244 e. The van der Waals surface area contributed by atoms with E-state index in [1.54, 1.807) is 36.4 Å². The third-order valence-electron chi connectivity index (χ3n) is 3.14. The van der Waals surface area contributed by atoms with E-state index >= 15 is 0 Å². The van der Waals surface area contributed by atoms with Gasteiger partial charge in [-0.25, -0.2) is 4.39 Å². The van der Waals surface area contributed by atoms with Gasteiger partial charge in [0.25, 0.3) is 0 Å². The molecule has 122 valence electrons. The van der Waals surface area contributed by atoms with Crippen molar-refractivity contribution in [1.82, 2.24) is 15.2 Å². The molecule has 2 N–H and O–H groups in total. The summed E-state index contributed by atoms with van der Waals surface area (Å²) in [4.78, 5) is 4.26. The van der Waals surface area contributed by atoms with Crippen molar-refractivity contribution in [2.24, 2.45) is 0 Å². The molecule has 0 aliphatic heterocycles.